The number of ether oxygens (including phenoxy) is 1. The van der Waals surface area contributed by atoms with E-state index < -0.39 is 6.10 Å². The van der Waals surface area contributed by atoms with Crippen molar-refractivity contribution in [3.05, 3.63) is 11.9 Å². The number of aliphatic hydroxyl groups excluding tert-OH is 1. The molecule has 102 valence electrons. The second-order valence-corrected chi connectivity index (χ2v) is 6.00. The van der Waals surface area contributed by atoms with Gasteiger partial charge >= 0.3 is 0 Å². The highest BCUT2D eigenvalue weighted by molar-refractivity contribution is 7.99. The Balaban J connectivity index is 1.98. The second kappa shape index (κ2) is 6.48. The van der Waals surface area contributed by atoms with Crippen molar-refractivity contribution in [1.29, 1.82) is 0 Å². The molecule has 1 aliphatic rings. The van der Waals surface area contributed by atoms with Crippen molar-refractivity contribution in [3.8, 4) is 5.75 Å². The lowest BCUT2D eigenvalue weighted by Crippen LogP contribution is -2.12. The summed E-state index contributed by atoms with van der Waals surface area (Å²) in [6.07, 6.45) is 6.45. The Labute approximate surface area is 113 Å². The van der Waals surface area contributed by atoms with Crippen LogP contribution in [0.15, 0.2) is 6.20 Å². The zero-order valence-corrected chi connectivity index (χ0v) is 11.9. The summed E-state index contributed by atoms with van der Waals surface area (Å²) in [6.45, 7) is 2.77. The maximum Gasteiger partial charge on any atom is 0.162 e. The van der Waals surface area contributed by atoms with E-state index >= 15 is 0 Å². The molecule has 1 unspecified atom stereocenters. The molecular weight excluding hydrogens is 248 g/mol. The van der Waals surface area contributed by atoms with Crippen LogP contribution in [-0.2, 0) is 6.54 Å². The molecule has 1 N–H and O–H groups in total. The van der Waals surface area contributed by atoms with Gasteiger partial charge < -0.3 is 9.84 Å². The molecule has 5 heteroatoms. The van der Waals surface area contributed by atoms with E-state index in [1.54, 1.807) is 13.3 Å². The Morgan fingerprint density at radius 2 is 2.28 bits per heavy atom. The zero-order valence-electron chi connectivity index (χ0n) is 11.1. The summed E-state index contributed by atoms with van der Waals surface area (Å²) >= 11 is 1.88. The molecule has 1 atom stereocenters. The van der Waals surface area contributed by atoms with Crippen molar-refractivity contribution in [2.75, 3.05) is 12.9 Å². The van der Waals surface area contributed by atoms with Crippen LogP contribution in [-0.4, -0.2) is 33.0 Å². The number of aliphatic hydroxyl groups is 1. The summed E-state index contributed by atoms with van der Waals surface area (Å²) in [7, 11) is 1.62. The molecule has 18 heavy (non-hydrogen) atoms. The predicted molar refractivity (Wildman–Crippen MR) is 74.1 cm³/mol. The summed E-state index contributed by atoms with van der Waals surface area (Å²) in [5.74, 6) is 1.42. The summed E-state index contributed by atoms with van der Waals surface area (Å²) in [6, 6.07) is 0. The number of methoxy groups -OCH3 is 1. The number of hydrogen-bond acceptors (Lipinski definition) is 4. The Kier molecular flexibility index (Phi) is 4.95. The van der Waals surface area contributed by atoms with Crippen LogP contribution in [0.25, 0.3) is 0 Å². The Bertz CT molecular complexity index is 354. The van der Waals surface area contributed by atoms with Crippen molar-refractivity contribution in [3.63, 3.8) is 0 Å². The van der Waals surface area contributed by atoms with Crippen molar-refractivity contribution < 1.29 is 9.84 Å². The van der Waals surface area contributed by atoms with Gasteiger partial charge in [-0.15, -0.1) is 0 Å². The number of rotatable bonds is 6. The van der Waals surface area contributed by atoms with Gasteiger partial charge in [0.25, 0.3) is 0 Å². The quantitative estimate of drug-likeness (QED) is 0.863. The Hall–Kier alpha value is -0.680. The van der Waals surface area contributed by atoms with Crippen LogP contribution in [0.2, 0.25) is 0 Å². The van der Waals surface area contributed by atoms with Crippen LogP contribution < -0.4 is 4.74 Å². The van der Waals surface area contributed by atoms with Crippen molar-refractivity contribution in [2.45, 2.75) is 50.5 Å². The van der Waals surface area contributed by atoms with Gasteiger partial charge in [0.2, 0.25) is 0 Å². The highest BCUT2D eigenvalue weighted by atomic mass is 32.2. The number of aryl methyl sites for hydroxylation is 1. The van der Waals surface area contributed by atoms with Gasteiger partial charge in [-0.3, -0.25) is 4.68 Å². The zero-order chi connectivity index (χ0) is 13.0. The van der Waals surface area contributed by atoms with Gasteiger partial charge in [-0.2, -0.15) is 16.9 Å². The van der Waals surface area contributed by atoms with E-state index in [0.717, 1.165) is 23.2 Å². The maximum absolute atomic E-state index is 10.3. The van der Waals surface area contributed by atoms with Crippen LogP contribution >= 0.6 is 11.8 Å². The van der Waals surface area contributed by atoms with E-state index in [1.807, 2.05) is 23.4 Å². The fraction of sp³-hybridized carbons (Fsp3) is 0.769. The minimum atomic E-state index is -0.493. The highest BCUT2D eigenvalue weighted by Crippen LogP contribution is 2.34. The Morgan fingerprint density at radius 1 is 1.56 bits per heavy atom. The lowest BCUT2D eigenvalue weighted by Gasteiger charge is -2.16. The fourth-order valence-corrected chi connectivity index (χ4v) is 3.76. The molecular formula is C13H22N2O2S. The van der Waals surface area contributed by atoms with E-state index in [-0.39, 0.29) is 0 Å². The largest absolute Gasteiger partial charge is 0.493 e. The van der Waals surface area contributed by atoms with Gasteiger partial charge in [-0.05, 0) is 19.8 Å². The number of nitrogens with zero attached hydrogens (tertiary/aromatic N) is 2. The first kappa shape index (κ1) is 13.7. The first-order valence-corrected chi connectivity index (χ1v) is 7.70. The van der Waals surface area contributed by atoms with Crippen LogP contribution in [0.4, 0.5) is 0 Å². The molecule has 0 spiro atoms. The number of thioether (sulfide) groups is 1. The second-order valence-electron chi connectivity index (χ2n) is 4.67. The third-order valence-electron chi connectivity index (χ3n) is 3.47. The molecule has 1 aliphatic carbocycles. The summed E-state index contributed by atoms with van der Waals surface area (Å²) in [4.78, 5) is 0. The average molecular weight is 270 g/mol. The third-order valence-corrected chi connectivity index (χ3v) is 4.92. The third kappa shape index (κ3) is 3.01. The molecule has 1 aromatic rings. The van der Waals surface area contributed by atoms with Gasteiger partial charge in [0.05, 0.1) is 13.3 Å². The van der Waals surface area contributed by atoms with Crippen molar-refractivity contribution in [1.82, 2.24) is 9.78 Å². The predicted octanol–water partition coefficient (Wildman–Crippen LogP) is 2.62. The van der Waals surface area contributed by atoms with E-state index in [4.69, 9.17) is 4.74 Å². The van der Waals surface area contributed by atoms with E-state index in [2.05, 4.69) is 5.10 Å². The summed E-state index contributed by atoms with van der Waals surface area (Å²) in [5.41, 5.74) is 0.811. The molecule has 0 bridgehead atoms. The maximum atomic E-state index is 10.3. The molecule has 4 nitrogen and oxygen atoms in total. The first-order chi connectivity index (χ1) is 8.76. The lowest BCUT2D eigenvalue weighted by molar-refractivity contribution is 0.187. The molecule has 2 rings (SSSR count). The van der Waals surface area contributed by atoms with Gasteiger partial charge in [-0.1, -0.05) is 12.8 Å². The monoisotopic (exact) mass is 270 g/mol. The molecule has 0 aromatic carbocycles. The van der Waals surface area contributed by atoms with Crippen molar-refractivity contribution in [2.24, 2.45) is 0 Å². The summed E-state index contributed by atoms with van der Waals surface area (Å²) < 4.78 is 7.09. The van der Waals surface area contributed by atoms with Gasteiger partial charge in [0.15, 0.2) is 5.75 Å². The SMILES string of the molecule is CCn1ncc(OC)c1C(O)CSC1CCCC1. The van der Waals surface area contributed by atoms with Gasteiger partial charge in [0, 0.05) is 17.5 Å². The molecule has 0 amide bonds. The summed E-state index contributed by atoms with van der Waals surface area (Å²) in [5, 5.41) is 15.3. The van der Waals surface area contributed by atoms with Crippen LogP contribution in [0.1, 0.15) is 44.4 Å². The first-order valence-electron chi connectivity index (χ1n) is 6.65. The normalized spacial score (nSPS) is 18.2. The molecule has 1 fully saturated rings. The van der Waals surface area contributed by atoms with Gasteiger partial charge in [0.1, 0.15) is 11.8 Å². The number of hydrogen-bond donors (Lipinski definition) is 1. The number of aromatic nitrogens is 2. The molecule has 1 saturated carbocycles. The topological polar surface area (TPSA) is 47.3 Å². The van der Waals surface area contributed by atoms with Gasteiger partial charge in [-0.25, -0.2) is 0 Å². The standard InChI is InChI=1S/C13H22N2O2S/c1-3-15-13(12(17-2)8-14-15)11(16)9-18-10-6-4-5-7-10/h8,10-11,16H,3-7,9H2,1-2H3. The smallest absolute Gasteiger partial charge is 0.162 e. The fourth-order valence-electron chi connectivity index (χ4n) is 2.48. The van der Waals surface area contributed by atoms with Crippen LogP contribution in [0.5, 0.6) is 5.75 Å². The van der Waals surface area contributed by atoms with Crippen LogP contribution in [0.3, 0.4) is 0 Å². The molecule has 1 aromatic heterocycles. The van der Waals surface area contributed by atoms with E-state index in [1.165, 1.54) is 25.7 Å². The van der Waals surface area contributed by atoms with E-state index in [9.17, 15) is 5.11 Å². The molecule has 1 heterocycles. The Morgan fingerprint density at radius 3 is 2.89 bits per heavy atom. The van der Waals surface area contributed by atoms with Crippen LogP contribution in [0, 0.1) is 0 Å². The molecule has 0 aliphatic heterocycles. The minimum absolute atomic E-state index is 0.493. The van der Waals surface area contributed by atoms with E-state index in [0.29, 0.717) is 5.75 Å². The van der Waals surface area contributed by atoms with Crippen molar-refractivity contribution >= 4 is 11.8 Å². The minimum Gasteiger partial charge on any atom is -0.493 e. The lowest BCUT2D eigenvalue weighted by atomic mass is 10.2. The molecule has 0 saturated heterocycles. The average Bonchev–Trinajstić information content (AvgIpc) is 3.04. The highest BCUT2D eigenvalue weighted by Gasteiger charge is 2.22. The molecule has 0 radical (unpaired) electrons.